The number of halogens is 2. The zero-order valence-corrected chi connectivity index (χ0v) is 18.1. The first-order valence-electron chi connectivity index (χ1n) is 9.37. The highest BCUT2D eigenvalue weighted by Gasteiger charge is 2.17. The number of fused-ring (bicyclic) bond motifs is 2. The Labute approximate surface area is 187 Å². The van der Waals surface area contributed by atoms with Gasteiger partial charge in [-0.2, -0.15) is 9.61 Å². The van der Waals surface area contributed by atoms with Crippen LogP contribution in [0.1, 0.15) is 10.7 Å². The van der Waals surface area contributed by atoms with Gasteiger partial charge in [0, 0.05) is 17.9 Å². The molecule has 0 N–H and O–H groups in total. The van der Waals surface area contributed by atoms with E-state index in [2.05, 4.69) is 15.1 Å². The molecule has 0 radical (unpaired) electrons. The molecule has 0 spiro atoms. The highest BCUT2D eigenvalue weighted by Crippen LogP contribution is 2.25. The van der Waals surface area contributed by atoms with Crippen molar-refractivity contribution in [3.63, 3.8) is 0 Å². The number of benzene rings is 2. The van der Waals surface area contributed by atoms with Crippen LogP contribution in [0.15, 0.2) is 63.3 Å². The third kappa shape index (κ3) is 3.59. The summed E-state index contributed by atoms with van der Waals surface area (Å²) in [6, 6.07) is 11.1. The van der Waals surface area contributed by atoms with Gasteiger partial charge in [0.05, 0.1) is 22.3 Å². The Morgan fingerprint density at radius 2 is 1.88 bits per heavy atom. The molecule has 0 atom stereocenters. The average Bonchev–Trinajstić information content (AvgIpc) is 3.14. The van der Waals surface area contributed by atoms with Gasteiger partial charge in [-0.05, 0) is 31.2 Å². The number of para-hydroxylation sites is 1. The molecule has 0 aliphatic carbocycles. The maximum Gasteiger partial charge on any atom is 0.275 e. The second kappa shape index (κ2) is 7.92. The highest BCUT2D eigenvalue weighted by atomic mass is 32.2. The fraction of sp³-hybridized carbons (Fsp3) is 0.0952. The zero-order chi connectivity index (χ0) is 22.4. The van der Waals surface area contributed by atoms with Crippen LogP contribution in [0.3, 0.4) is 0 Å². The molecule has 0 saturated carbocycles. The van der Waals surface area contributed by atoms with Crippen LogP contribution < -0.4 is 11.1 Å². The lowest BCUT2D eigenvalue weighted by Crippen LogP contribution is -2.23. The summed E-state index contributed by atoms with van der Waals surface area (Å²) < 4.78 is 30.4. The molecule has 11 heteroatoms. The van der Waals surface area contributed by atoms with E-state index < -0.39 is 17.2 Å². The minimum atomic E-state index is -0.885. The highest BCUT2D eigenvalue weighted by molar-refractivity contribution is 7.98. The topological polar surface area (TPSA) is 82.2 Å². The van der Waals surface area contributed by atoms with Gasteiger partial charge in [-0.15, -0.1) is 0 Å². The summed E-state index contributed by atoms with van der Waals surface area (Å²) in [5.74, 6) is -1.43. The molecule has 5 rings (SSSR count). The molecule has 0 unspecified atom stereocenters. The van der Waals surface area contributed by atoms with Crippen LogP contribution in [0.2, 0.25) is 0 Å². The van der Waals surface area contributed by atoms with Gasteiger partial charge < -0.3 is 0 Å². The van der Waals surface area contributed by atoms with Crippen LogP contribution in [-0.4, -0.2) is 24.1 Å². The van der Waals surface area contributed by atoms with Gasteiger partial charge >= 0.3 is 0 Å². The summed E-state index contributed by atoms with van der Waals surface area (Å²) in [5, 5.41) is 5.32. The van der Waals surface area contributed by atoms with Crippen molar-refractivity contribution in [1.29, 1.82) is 0 Å². The molecule has 0 aliphatic heterocycles. The lowest BCUT2D eigenvalue weighted by molar-refractivity contribution is 0.572. The molecule has 32 heavy (non-hydrogen) atoms. The standard InChI is InChI=1S/C21H13F2N5O2S2/c1-11-26-28-18(29)9-13(24-21(28)32-11)10-31-20-25-16-5-3-2-4-14(16)19(30)27(20)17-7-6-12(22)8-15(17)23/h2-9H,10H2,1H3. The van der Waals surface area contributed by atoms with Crippen molar-refractivity contribution in [3.05, 3.63) is 91.6 Å². The van der Waals surface area contributed by atoms with E-state index in [0.29, 0.717) is 32.6 Å². The fourth-order valence-electron chi connectivity index (χ4n) is 3.25. The zero-order valence-electron chi connectivity index (χ0n) is 16.5. The van der Waals surface area contributed by atoms with Crippen LogP contribution in [0.25, 0.3) is 21.6 Å². The Balaban J connectivity index is 1.63. The second-order valence-electron chi connectivity index (χ2n) is 6.84. The van der Waals surface area contributed by atoms with Crippen LogP contribution in [0.5, 0.6) is 0 Å². The normalized spacial score (nSPS) is 11.5. The third-order valence-electron chi connectivity index (χ3n) is 4.64. The molecule has 0 amide bonds. The quantitative estimate of drug-likeness (QED) is 0.295. The summed E-state index contributed by atoms with van der Waals surface area (Å²) in [6.45, 7) is 1.78. The Morgan fingerprint density at radius 1 is 1.06 bits per heavy atom. The first-order chi connectivity index (χ1) is 15.4. The Kier molecular flexibility index (Phi) is 5.06. The van der Waals surface area contributed by atoms with Crippen molar-refractivity contribution in [2.24, 2.45) is 0 Å². The number of thioether (sulfide) groups is 1. The molecule has 0 bridgehead atoms. The van der Waals surface area contributed by atoms with E-state index in [9.17, 15) is 18.4 Å². The first kappa shape index (κ1) is 20.5. The van der Waals surface area contributed by atoms with Gasteiger partial charge in [0.1, 0.15) is 16.6 Å². The SMILES string of the molecule is Cc1nn2c(=O)cc(CSc3nc4ccccc4c(=O)n3-c3ccc(F)cc3F)nc2s1. The van der Waals surface area contributed by atoms with Crippen molar-refractivity contribution in [2.75, 3.05) is 0 Å². The van der Waals surface area contributed by atoms with E-state index in [1.54, 1.807) is 31.2 Å². The Bertz CT molecular complexity index is 1630. The maximum atomic E-state index is 14.6. The van der Waals surface area contributed by atoms with E-state index in [-0.39, 0.29) is 22.2 Å². The monoisotopic (exact) mass is 469 g/mol. The van der Waals surface area contributed by atoms with Gasteiger partial charge in [-0.1, -0.05) is 35.2 Å². The van der Waals surface area contributed by atoms with E-state index in [4.69, 9.17) is 0 Å². The summed E-state index contributed by atoms with van der Waals surface area (Å²) in [7, 11) is 0. The lowest BCUT2D eigenvalue weighted by Gasteiger charge is -2.14. The van der Waals surface area contributed by atoms with Crippen LogP contribution in [-0.2, 0) is 5.75 Å². The van der Waals surface area contributed by atoms with Crippen molar-refractivity contribution in [2.45, 2.75) is 17.8 Å². The summed E-state index contributed by atoms with van der Waals surface area (Å²) in [6.07, 6.45) is 0. The van der Waals surface area contributed by atoms with Crippen LogP contribution in [0.4, 0.5) is 8.78 Å². The molecule has 2 aromatic carbocycles. The summed E-state index contributed by atoms with van der Waals surface area (Å²) >= 11 is 2.41. The Hall–Kier alpha value is -3.44. The summed E-state index contributed by atoms with van der Waals surface area (Å²) in [4.78, 5) is 35.0. The predicted molar refractivity (Wildman–Crippen MR) is 119 cm³/mol. The molecule has 7 nitrogen and oxygen atoms in total. The van der Waals surface area contributed by atoms with E-state index in [1.807, 2.05) is 0 Å². The van der Waals surface area contributed by atoms with E-state index >= 15 is 0 Å². The predicted octanol–water partition coefficient (Wildman–Crippen LogP) is 3.73. The molecular weight excluding hydrogens is 456 g/mol. The fourth-order valence-corrected chi connectivity index (χ4v) is 4.91. The molecule has 0 aliphatic rings. The maximum absolute atomic E-state index is 14.6. The van der Waals surface area contributed by atoms with Crippen molar-refractivity contribution < 1.29 is 8.78 Å². The number of hydrogen-bond acceptors (Lipinski definition) is 7. The molecule has 5 aromatic rings. The number of aryl methyl sites for hydroxylation is 1. The number of rotatable bonds is 4. The van der Waals surface area contributed by atoms with Crippen molar-refractivity contribution in [3.8, 4) is 5.69 Å². The first-order valence-corrected chi connectivity index (χ1v) is 11.2. The van der Waals surface area contributed by atoms with Gasteiger partial charge in [-0.3, -0.25) is 14.2 Å². The minimum absolute atomic E-state index is 0.112. The van der Waals surface area contributed by atoms with Crippen LogP contribution in [0, 0.1) is 18.6 Å². The van der Waals surface area contributed by atoms with Crippen molar-refractivity contribution >= 4 is 39.0 Å². The van der Waals surface area contributed by atoms with Crippen molar-refractivity contribution in [1.82, 2.24) is 24.1 Å². The smallest absolute Gasteiger partial charge is 0.268 e. The van der Waals surface area contributed by atoms with Gasteiger partial charge in [0.25, 0.3) is 11.1 Å². The molecule has 3 aromatic heterocycles. The lowest BCUT2D eigenvalue weighted by atomic mass is 10.2. The average molecular weight is 469 g/mol. The molecule has 3 heterocycles. The van der Waals surface area contributed by atoms with Gasteiger partial charge in [0.2, 0.25) is 4.96 Å². The minimum Gasteiger partial charge on any atom is -0.268 e. The van der Waals surface area contributed by atoms with Gasteiger partial charge in [0.15, 0.2) is 5.16 Å². The summed E-state index contributed by atoms with van der Waals surface area (Å²) in [5.41, 5.74) is 0.00444. The molecular formula is C21H13F2N5O2S2. The van der Waals surface area contributed by atoms with E-state index in [0.717, 1.165) is 22.4 Å². The third-order valence-corrected chi connectivity index (χ3v) is 6.44. The Morgan fingerprint density at radius 3 is 2.69 bits per heavy atom. The molecule has 0 saturated heterocycles. The second-order valence-corrected chi connectivity index (χ2v) is 8.94. The van der Waals surface area contributed by atoms with Crippen LogP contribution >= 0.6 is 23.1 Å². The molecule has 0 fully saturated rings. The number of hydrogen-bond donors (Lipinski definition) is 0. The van der Waals surface area contributed by atoms with E-state index in [1.165, 1.54) is 28.0 Å². The van der Waals surface area contributed by atoms with Gasteiger partial charge in [-0.25, -0.2) is 18.7 Å². The number of aromatic nitrogens is 5. The number of nitrogens with zero attached hydrogens (tertiary/aromatic N) is 5. The molecule has 160 valence electrons. The largest absolute Gasteiger partial charge is 0.275 e.